The van der Waals surface area contributed by atoms with Gasteiger partial charge in [0.15, 0.2) is 5.82 Å². The van der Waals surface area contributed by atoms with Crippen LogP contribution in [0.5, 0.6) is 0 Å². The number of hydrogen-bond acceptors (Lipinski definition) is 4. The number of benzene rings is 2. The van der Waals surface area contributed by atoms with E-state index in [0.717, 1.165) is 17.5 Å². The van der Waals surface area contributed by atoms with Gasteiger partial charge >= 0.3 is 0 Å². The molecule has 4 rings (SSSR count). The molecule has 0 radical (unpaired) electrons. The summed E-state index contributed by atoms with van der Waals surface area (Å²) in [5.41, 5.74) is 3.26. The molecule has 0 aliphatic heterocycles. The van der Waals surface area contributed by atoms with Crippen LogP contribution in [-0.2, 0) is 6.42 Å². The molecule has 1 atom stereocenters. The zero-order chi connectivity index (χ0) is 20.5. The highest BCUT2D eigenvalue weighted by atomic mass is 35.5. The van der Waals surface area contributed by atoms with E-state index in [9.17, 15) is 4.79 Å². The Hall–Kier alpha value is -2.50. The van der Waals surface area contributed by atoms with Gasteiger partial charge < -0.3 is 0 Å². The second-order valence-corrected chi connectivity index (χ2v) is 9.14. The average molecular weight is 424 g/mol. The molecule has 0 saturated heterocycles. The van der Waals surface area contributed by atoms with Crippen LogP contribution in [0.25, 0.3) is 11.0 Å². The first-order valence-electron chi connectivity index (χ1n) is 9.66. The lowest BCUT2D eigenvalue weighted by molar-refractivity contribution is 0.647. The Kier molecular flexibility index (Phi) is 5.52. The molecule has 0 N–H and O–H groups in total. The van der Waals surface area contributed by atoms with Crippen LogP contribution >= 0.6 is 22.9 Å². The molecule has 0 aliphatic rings. The van der Waals surface area contributed by atoms with E-state index in [4.69, 9.17) is 11.6 Å². The second kappa shape index (κ2) is 8.09. The summed E-state index contributed by atoms with van der Waals surface area (Å²) >= 11 is 7.28. The van der Waals surface area contributed by atoms with Gasteiger partial charge in [0.25, 0.3) is 5.56 Å². The molecule has 2 heterocycles. The van der Waals surface area contributed by atoms with Crippen LogP contribution in [0.15, 0.2) is 53.3 Å². The van der Waals surface area contributed by atoms with Crippen LogP contribution in [0, 0.1) is 5.92 Å². The largest absolute Gasteiger partial charge is 0.291 e. The maximum Gasteiger partial charge on any atom is 0.291 e. The number of thiazole rings is 1. The number of aromatic nitrogens is 3. The van der Waals surface area contributed by atoms with E-state index in [-0.39, 0.29) is 11.5 Å². The van der Waals surface area contributed by atoms with Crippen molar-refractivity contribution < 1.29 is 0 Å². The maximum absolute atomic E-state index is 12.7. The highest BCUT2D eigenvalue weighted by molar-refractivity contribution is 7.15. The van der Waals surface area contributed by atoms with Crippen LogP contribution < -0.4 is 10.1 Å². The Morgan fingerprint density at radius 1 is 1.07 bits per heavy atom. The molecule has 0 fully saturated rings. The Morgan fingerprint density at radius 2 is 1.76 bits per heavy atom. The predicted molar refractivity (Wildman–Crippen MR) is 120 cm³/mol. The Bertz CT molecular complexity index is 1240. The normalized spacial score (nSPS) is 13.5. The molecule has 4 nitrogen and oxygen atoms in total. The van der Waals surface area contributed by atoms with Crippen molar-refractivity contribution in [1.29, 1.82) is 0 Å². The van der Waals surface area contributed by atoms with Crippen LogP contribution in [0.3, 0.4) is 0 Å². The first-order chi connectivity index (χ1) is 13.9. The monoisotopic (exact) mass is 423 g/mol. The fourth-order valence-corrected chi connectivity index (χ4v) is 4.35. The summed E-state index contributed by atoms with van der Waals surface area (Å²) < 4.78 is 2.02. The topological polar surface area (TPSA) is 47.3 Å². The Morgan fingerprint density at radius 3 is 2.38 bits per heavy atom. The average Bonchev–Trinajstić information content (AvgIpc) is 3.23. The molecular formula is C23H22ClN3OS. The zero-order valence-electron chi connectivity index (χ0n) is 16.6. The van der Waals surface area contributed by atoms with Crippen molar-refractivity contribution in [3.8, 4) is 0 Å². The smallest absolute Gasteiger partial charge is 0.266 e. The third-order valence-corrected chi connectivity index (χ3v) is 6.09. The predicted octanol–water partition coefficient (Wildman–Crippen LogP) is 4.70. The van der Waals surface area contributed by atoms with Gasteiger partial charge in [0, 0.05) is 10.9 Å². The highest BCUT2D eigenvalue weighted by Gasteiger charge is 2.17. The van der Waals surface area contributed by atoms with E-state index in [1.54, 1.807) is 12.1 Å². The van der Waals surface area contributed by atoms with Crippen LogP contribution in [0.1, 0.15) is 49.2 Å². The zero-order valence-corrected chi connectivity index (χ0v) is 18.2. The molecule has 0 aliphatic carbocycles. The minimum Gasteiger partial charge on any atom is -0.266 e. The maximum atomic E-state index is 12.7. The summed E-state index contributed by atoms with van der Waals surface area (Å²) in [6.45, 7) is 6.51. The van der Waals surface area contributed by atoms with Gasteiger partial charge in [-0.1, -0.05) is 80.1 Å². The molecule has 2 aromatic carbocycles. The van der Waals surface area contributed by atoms with Gasteiger partial charge in [-0.05, 0) is 47.2 Å². The summed E-state index contributed by atoms with van der Waals surface area (Å²) in [7, 11) is 0. The Balaban J connectivity index is 1.63. The molecule has 29 heavy (non-hydrogen) atoms. The van der Waals surface area contributed by atoms with Crippen molar-refractivity contribution in [3.63, 3.8) is 0 Å². The fraction of sp³-hybridized carbons (Fsp3) is 0.261. The van der Waals surface area contributed by atoms with Gasteiger partial charge in [0.05, 0.1) is 4.53 Å². The molecule has 0 spiro atoms. The number of hydrogen-bond donors (Lipinski definition) is 0. The number of halogens is 1. The van der Waals surface area contributed by atoms with E-state index in [1.807, 2.05) is 18.2 Å². The van der Waals surface area contributed by atoms with Crippen molar-refractivity contribution in [1.82, 2.24) is 14.6 Å². The van der Waals surface area contributed by atoms with Gasteiger partial charge in [-0.2, -0.15) is 4.52 Å². The molecule has 0 bridgehead atoms. The van der Waals surface area contributed by atoms with Crippen LogP contribution in [0.2, 0.25) is 5.02 Å². The molecule has 0 amide bonds. The fourth-order valence-electron chi connectivity index (χ4n) is 3.31. The third-order valence-electron chi connectivity index (χ3n) is 4.88. The summed E-state index contributed by atoms with van der Waals surface area (Å²) in [5, 5.41) is 5.17. The van der Waals surface area contributed by atoms with Gasteiger partial charge in [0.1, 0.15) is 0 Å². The van der Waals surface area contributed by atoms with Crippen molar-refractivity contribution >= 4 is 34.0 Å². The standard InChI is InChI=1S/C23H22ClN3OS/c1-14(2)12-16-4-8-18(9-5-16)15(3)21-25-23-27(26-21)22(28)20(29-23)13-17-6-10-19(24)11-7-17/h4-11,13-15H,12H2,1-3H3/b20-13-. The van der Waals surface area contributed by atoms with Crippen LogP contribution in [0.4, 0.5) is 0 Å². The van der Waals surface area contributed by atoms with E-state index in [1.165, 1.54) is 21.4 Å². The molecular weight excluding hydrogens is 402 g/mol. The lowest BCUT2D eigenvalue weighted by Gasteiger charge is -2.10. The summed E-state index contributed by atoms with van der Waals surface area (Å²) in [6, 6.07) is 16.0. The summed E-state index contributed by atoms with van der Waals surface area (Å²) in [6.07, 6.45) is 2.91. The van der Waals surface area contributed by atoms with Gasteiger partial charge in [-0.3, -0.25) is 4.79 Å². The summed E-state index contributed by atoms with van der Waals surface area (Å²) in [5.74, 6) is 1.33. The van der Waals surface area contributed by atoms with Crippen molar-refractivity contribution in [2.24, 2.45) is 5.92 Å². The quantitative estimate of drug-likeness (QED) is 0.467. The minimum absolute atomic E-state index is 0.0262. The first kappa shape index (κ1) is 19.8. The number of rotatable bonds is 5. The van der Waals surface area contributed by atoms with Gasteiger partial charge in [-0.15, -0.1) is 5.10 Å². The molecule has 2 aromatic heterocycles. The van der Waals surface area contributed by atoms with E-state index in [2.05, 4.69) is 55.1 Å². The molecule has 4 aromatic rings. The van der Waals surface area contributed by atoms with Crippen molar-refractivity contribution in [2.45, 2.75) is 33.1 Å². The number of fused-ring (bicyclic) bond motifs is 1. The van der Waals surface area contributed by atoms with E-state index in [0.29, 0.717) is 26.3 Å². The Labute approximate surface area is 178 Å². The van der Waals surface area contributed by atoms with Crippen molar-refractivity contribution in [2.75, 3.05) is 0 Å². The lowest BCUT2D eigenvalue weighted by atomic mass is 9.96. The lowest BCUT2D eigenvalue weighted by Crippen LogP contribution is -2.24. The third kappa shape index (κ3) is 4.26. The molecule has 1 unspecified atom stereocenters. The van der Waals surface area contributed by atoms with Crippen LogP contribution in [-0.4, -0.2) is 14.6 Å². The minimum atomic E-state index is -0.141. The summed E-state index contributed by atoms with van der Waals surface area (Å²) in [4.78, 5) is 18.0. The molecule has 148 valence electrons. The molecule has 0 saturated carbocycles. The van der Waals surface area contributed by atoms with Crippen molar-refractivity contribution in [3.05, 3.63) is 91.0 Å². The first-order valence-corrected chi connectivity index (χ1v) is 10.9. The second-order valence-electron chi connectivity index (χ2n) is 7.69. The van der Waals surface area contributed by atoms with E-state index >= 15 is 0 Å². The highest BCUT2D eigenvalue weighted by Crippen LogP contribution is 2.23. The van der Waals surface area contributed by atoms with E-state index < -0.39 is 0 Å². The van der Waals surface area contributed by atoms with Gasteiger partial charge in [-0.25, -0.2) is 4.98 Å². The number of nitrogens with zero attached hydrogens (tertiary/aromatic N) is 3. The van der Waals surface area contributed by atoms with Gasteiger partial charge in [0.2, 0.25) is 4.96 Å². The molecule has 6 heteroatoms. The SMILES string of the molecule is CC(C)Cc1ccc(C(C)c2nc3s/c(=C\c4ccc(Cl)cc4)c(=O)n3n2)cc1.